The van der Waals surface area contributed by atoms with Crippen LogP contribution < -0.4 is 0 Å². The Hall–Kier alpha value is -2.77. The van der Waals surface area contributed by atoms with Gasteiger partial charge in [0.15, 0.2) is 0 Å². The largest absolute Gasteiger partial charge is 0.462 e. The third-order valence-electron chi connectivity index (χ3n) is 2.10. The van der Waals surface area contributed by atoms with Crippen LogP contribution in [0.2, 0.25) is 0 Å². The van der Waals surface area contributed by atoms with E-state index in [1.165, 1.54) is 25.3 Å². The highest BCUT2D eigenvalue weighted by molar-refractivity contribution is 5.84. The zero-order valence-corrected chi connectivity index (χ0v) is 9.19. The van der Waals surface area contributed by atoms with Gasteiger partial charge in [0.25, 0.3) is 5.69 Å². The van der Waals surface area contributed by atoms with Crippen molar-refractivity contribution >= 4 is 11.7 Å². The second-order valence-electron chi connectivity index (χ2n) is 3.22. The zero-order valence-electron chi connectivity index (χ0n) is 9.19. The number of carbonyl (C=O) groups excluding carboxylic acids is 1. The van der Waals surface area contributed by atoms with Gasteiger partial charge in [0, 0.05) is 17.7 Å². The van der Waals surface area contributed by atoms with Crippen molar-refractivity contribution in [2.75, 3.05) is 7.11 Å². The van der Waals surface area contributed by atoms with E-state index >= 15 is 0 Å². The molecule has 8 heteroatoms. The van der Waals surface area contributed by atoms with Crippen molar-refractivity contribution in [3.63, 3.8) is 0 Å². The Balaban J connectivity index is 2.37. The number of rotatable bonds is 3. The molecule has 0 saturated heterocycles. The Morgan fingerprint density at radius 2 is 2.28 bits per heavy atom. The van der Waals surface area contributed by atoms with E-state index in [9.17, 15) is 14.9 Å². The molecular weight excluding hydrogens is 242 g/mol. The summed E-state index contributed by atoms with van der Waals surface area (Å²) in [5, 5.41) is 14.2. The molecule has 18 heavy (non-hydrogen) atoms. The highest BCUT2D eigenvalue weighted by Gasteiger charge is 2.17. The SMILES string of the molecule is COC(=O)c1nc(-c2cccc([N+](=O)[O-])c2)no1. The topological polar surface area (TPSA) is 108 Å². The summed E-state index contributed by atoms with van der Waals surface area (Å²) in [5.74, 6) is -0.989. The van der Waals surface area contributed by atoms with E-state index in [1.54, 1.807) is 6.07 Å². The predicted molar refractivity (Wildman–Crippen MR) is 57.7 cm³/mol. The van der Waals surface area contributed by atoms with Gasteiger partial charge in [0.2, 0.25) is 5.82 Å². The first kappa shape index (κ1) is 11.7. The van der Waals surface area contributed by atoms with E-state index in [4.69, 9.17) is 0 Å². The van der Waals surface area contributed by atoms with Crippen molar-refractivity contribution in [1.82, 2.24) is 10.1 Å². The molecule has 2 rings (SSSR count). The predicted octanol–water partition coefficient (Wildman–Crippen LogP) is 1.43. The van der Waals surface area contributed by atoms with E-state index < -0.39 is 10.9 Å². The third-order valence-corrected chi connectivity index (χ3v) is 2.10. The Kier molecular flexibility index (Phi) is 3.00. The summed E-state index contributed by atoms with van der Waals surface area (Å²) in [5.41, 5.74) is 0.278. The first-order valence-electron chi connectivity index (χ1n) is 4.78. The second-order valence-corrected chi connectivity index (χ2v) is 3.22. The number of nitrogens with zero attached hydrogens (tertiary/aromatic N) is 3. The van der Waals surface area contributed by atoms with Crippen molar-refractivity contribution < 1.29 is 19.0 Å². The van der Waals surface area contributed by atoms with Crippen LogP contribution in [-0.2, 0) is 4.74 Å². The number of ether oxygens (including phenoxy) is 1. The average molecular weight is 249 g/mol. The average Bonchev–Trinajstić information content (AvgIpc) is 2.87. The molecule has 1 heterocycles. The number of nitro benzene ring substituents is 1. The van der Waals surface area contributed by atoms with Gasteiger partial charge >= 0.3 is 11.9 Å². The molecule has 0 bridgehead atoms. The number of non-ortho nitro benzene ring substituents is 1. The summed E-state index contributed by atoms with van der Waals surface area (Å²) in [6, 6.07) is 5.68. The smallest absolute Gasteiger partial charge is 0.397 e. The highest BCUT2D eigenvalue weighted by Crippen LogP contribution is 2.21. The lowest BCUT2D eigenvalue weighted by Gasteiger charge is -1.94. The molecule has 1 aromatic carbocycles. The monoisotopic (exact) mass is 249 g/mol. The van der Waals surface area contributed by atoms with Gasteiger partial charge < -0.3 is 9.26 Å². The molecule has 0 N–H and O–H groups in total. The van der Waals surface area contributed by atoms with Crippen molar-refractivity contribution in [2.45, 2.75) is 0 Å². The van der Waals surface area contributed by atoms with Crippen LogP contribution in [0.15, 0.2) is 28.8 Å². The Morgan fingerprint density at radius 3 is 2.94 bits per heavy atom. The Labute approximate surface area is 100 Å². The fourth-order valence-corrected chi connectivity index (χ4v) is 1.27. The normalized spacial score (nSPS) is 10.1. The van der Waals surface area contributed by atoms with Crippen LogP contribution in [0.1, 0.15) is 10.7 Å². The van der Waals surface area contributed by atoms with E-state index in [0.717, 1.165) is 0 Å². The maximum Gasteiger partial charge on any atom is 0.397 e. The molecule has 0 radical (unpaired) electrons. The number of aromatic nitrogens is 2. The van der Waals surface area contributed by atoms with Crippen LogP contribution in [0, 0.1) is 10.1 Å². The molecule has 92 valence electrons. The molecule has 0 saturated carbocycles. The summed E-state index contributed by atoms with van der Waals surface area (Å²) >= 11 is 0. The fraction of sp³-hybridized carbons (Fsp3) is 0.100. The molecule has 0 aliphatic heterocycles. The summed E-state index contributed by atoms with van der Waals surface area (Å²) < 4.78 is 9.07. The second kappa shape index (κ2) is 4.62. The van der Waals surface area contributed by atoms with Gasteiger partial charge in [0.05, 0.1) is 12.0 Å². The van der Waals surface area contributed by atoms with Crippen LogP contribution in [0.5, 0.6) is 0 Å². The van der Waals surface area contributed by atoms with Crippen molar-refractivity contribution in [2.24, 2.45) is 0 Å². The minimum atomic E-state index is -0.765. The molecular formula is C10H7N3O5. The number of hydrogen-bond acceptors (Lipinski definition) is 7. The summed E-state index contributed by atoms with van der Waals surface area (Å²) in [7, 11) is 1.18. The third kappa shape index (κ3) is 2.17. The van der Waals surface area contributed by atoms with Gasteiger partial charge in [-0.1, -0.05) is 17.3 Å². The van der Waals surface area contributed by atoms with Crippen molar-refractivity contribution in [3.05, 3.63) is 40.3 Å². The molecule has 1 aromatic heterocycles. The molecule has 0 atom stereocenters. The molecule has 0 spiro atoms. The fourth-order valence-electron chi connectivity index (χ4n) is 1.27. The van der Waals surface area contributed by atoms with Crippen LogP contribution >= 0.6 is 0 Å². The van der Waals surface area contributed by atoms with E-state index in [-0.39, 0.29) is 17.4 Å². The Bertz CT molecular complexity index is 607. The zero-order chi connectivity index (χ0) is 13.1. The lowest BCUT2D eigenvalue weighted by Crippen LogP contribution is -2.00. The summed E-state index contributed by atoms with van der Waals surface area (Å²) in [6.45, 7) is 0. The molecule has 2 aromatic rings. The van der Waals surface area contributed by atoms with Gasteiger partial charge in [-0.25, -0.2) is 4.79 Å². The van der Waals surface area contributed by atoms with E-state index in [0.29, 0.717) is 5.56 Å². The number of methoxy groups -OCH3 is 1. The molecule has 0 aliphatic rings. The van der Waals surface area contributed by atoms with Gasteiger partial charge in [-0.05, 0) is 0 Å². The van der Waals surface area contributed by atoms with Crippen molar-refractivity contribution in [1.29, 1.82) is 0 Å². The van der Waals surface area contributed by atoms with Crippen LogP contribution in [-0.4, -0.2) is 28.1 Å². The van der Waals surface area contributed by atoms with Gasteiger partial charge in [-0.3, -0.25) is 10.1 Å². The van der Waals surface area contributed by atoms with Crippen LogP contribution in [0.4, 0.5) is 5.69 Å². The maximum atomic E-state index is 11.1. The minimum absolute atomic E-state index is 0.0825. The number of carbonyl (C=O) groups is 1. The lowest BCUT2D eigenvalue weighted by atomic mass is 10.2. The van der Waals surface area contributed by atoms with Gasteiger partial charge in [-0.2, -0.15) is 4.98 Å². The summed E-state index contributed by atoms with van der Waals surface area (Å²) in [4.78, 5) is 25.0. The quantitative estimate of drug-likeness (QED) is 0.459. The lowest BCUT2D eigenvalue weighted by molar-refractivity contribution is -0.384. The van der Waals surface area contributed by atoms with Crippen LogP contribution in [0.3, 0.4) is 0 Å². The van der Waals surface area contributed by atoms with Gasteiger partial charge in [-0.15, -0.1) is 0 Å². The molecule has 8 nitrogen and oxygen atoms in total. The van der Waals surface area contributed by atoms with E-state index in [1.807, 2.05) is 0 Å². The van der Waals surface area contributed by atoms with Crippen molar-refractivity contribution in [3.8, 4) is 11.4 Å². The number of esters is 1. The van der Waals surface area contributed by atoms with Gasteiger partial charge in [0.1, 0.15) is 0 Å². The molecule has 0 unspecified atom stereocenters. The first-order valence-corrected chi connectivity index (χ1v) is 4.78. The standard InChI is InChI=1S/C10H7N3O5/c1-17-10(14)9-11-8(12-18-9)6-3-2-4-7(5-6)13(15)16/h2-5H,1H3. The van der Waals surface area contributed by atoms with Crippen LogP contribution in [0.25, 0.3) is 11.4 Å². The highest BCUT2D eigenvalue weighted by atomic mass is 16.6. The van der Waals surface area contributed by atoms with E-state index in [2.05, 4.69) is 19.4 Å². The number of hydrogen-bond donors (Lipinski definition) is 0. The molecule has 0 fully saturated rings. The Morgan fingerprint density at radius 1 is 1.50 bits per heavy atom. The number of nitro groups is 1. The molecule has 0 aliphatic carbocycles. The minimum Gasteiger partial charge on any atom is -0.462 e. The summed E-state index contributed by atoms with van der Waals surface area (Å²) in [6.07, 6.45) is 0. The number of benzene rings is 1. The first-order chi connectivity index (χ1) is 8.61. The maximum absolute atomic E-state index is 11.1. The molecule has 0 amide bonds.